The summed E-state index contributed by atoms with van der Waals surface area (Å²) in [5.41, 5.74) is 2.07. The maximum atomic E-state index is 13.3. The highest BCUT2D eigenvalue weighted by molar-refractivity contribution is 7.45. The van der Waals surface area contributed by atoms with Crippen molar-refractivity contribution in [1.29, 1.82) is 0 Å². The van der Waals surface area contributed by atoms with Gasteiger partial charge in [-0.2, -0.15) is 0 Å². The van der Waals surface area contributed by atoms with E-state index in [4.69, 9.17) is 9.05 Å². The van der Waals surface area contributed by atoms with Crippen LogP contribution in [0.25, 0.3) is 0 Å². The minimum atomic E-state index is -1.33. The lowest BCUT2D eigenvalue weighted by Crippen LogP contribution is -2.32. The van der Waals surface area contributed by atoms with E-state index in [9.17, 15) is 4.79 Å². The molecular weight excluding hydrogens is 397 g/mol. The lowest BCUT2D eigenvalue weighted by atomic mass is 9.92. The number of amides is 2. The highest BCUT2D eigenvalue weighted by Crippen LogP contribution is 2.55. The van der Waals surface area contributed by atoms with Gasteiger partial charge in [0.2, 0.25) is 0 Å². The van der Waals surface area contributed by atoms with Crippen molar-refractivity contribution < 1.29 is 13.8 Å². The second kappa shape index (κ2) is 8.83. The van der Waals surface area contributed by atoms with Gasteiger partial charge < -0.3 is 18.8 Å². The van der Waals surface area contributed by atoms with Gasteiger partial charge in [-0.25, -0.2) is 9.46 Å². The molecule has 0 aromatic heterocycles. The van der Waals surface area contributed by atoms with Gasteiger partial charge in [-0.05, 0) is 26.0 Å². The third-order valence-corrected chi connectivity index (χ3v) is 7.67. The van der Waals surface area contributed by atoms with Gasteiger partial charge in [0, 0.05) is 37.3 Å². The molecule has 4 rings (SSSR count). The molecule has 7 heteroatoms. The first-order valence-electron chi connectivity index (χ1n) is 10.8. The summed E-state index contributed by atoms with van der Waals surface area (Å²) in [6.45, 7) is 11.3. The van der Waals surface area contributed by atoms with Crippen LogP contribution in [-0.2, 0) is 0 Å². The molecule has 2 aliphatic heterocycles. The van der Waals surface area contributed by atoms with E-state index in [2.05, 4.69) is 30.7 Å². The Labute approximate surface area is 180 Å². The van der Waals surface area contributed by atoms with Gasteiger partial charge in [0.25, 0.3) is 0 Å². The molecule has 2 aromatic rings. The smallest absolute Gasteiger partial charge is 0.384 e. The Morgan fingerprint density at radius 2 is 1.23 bits per heavy atom. The average molecular weight is 427 g/mol. The van der Waals surface area contributed by atoms with E-state index in [1.165, 1.54) is 0 Å². The number of hydrogen-bond donors (Lipinski definition) is 0. The molecule has 2 atom stereocenters. The molecule has 2 aromatic carbocycles. The zero-order chi connectivity index (χ0) is 21.3. The molecule has 6 nitrogen and oxygen atoms in total. The van der Waals surface area contributed by atoms with Crippen molar-refractivity contribution in [2.75, 3.05) is 26.2 Å². The van der Waals surface area contributed by atoms with Crippen LogP contribution in [-0.4, -0.2) is 46.7 Å². The molecule has 1 fully saturated rings. The second-order valence-corrected chi connectivity index (χ2v) is 8.79. The maximum absolute atomic E-state index is 13.3. The molecule has 0 aliphatic carbocycles. The molecule has 1 saturated heterocycles. The molecule has 0 unspecified atom stereocenters. The van der Waals surface area contributed by atoms with E-state index in [-0.39, 0.29) is 18.1 Å². The molecule has 2 heterocycles. The first-order chi connectivity index (χ1) is 14.6. The predicted molar refractivity (Wildman–Crippen MR) is 120 cm³/mol. The van der Waals surface area contributed by atoms with Crippen LogP contribution in [0.15, 0.2) is 48.5 Å². The van der Waals surface area contributed by atoms with Crippen LogP contribution in [0.3, 0.4) is 0 Å². The summed E-state index contributed by atoms with van der Waals surface area (Å²) in [4.78, 5) is 17.2. The highest BCUT2D eigenvalue weighted by atomic mass is 31.2. The average Bonchev–Trinajstić information content (AvgIpc) is 3.08. The Bertz CT molecular complexity index is 839. The monoisotopic (exact) mass is 427 g/mol. The molecular formula is C23H30N3O3P. The Hall–Kier alpha value is -2.30. The largest absolute Gasteiger partial charge is 0.427 e. The number of likely N-dealkylation sites (N-methyl/N-ethyl adjacent to an activating group) is 2. The number of carbonyl (C=O) groups is 1. The van der Waals surface area contributed by atoms with E-state index in [0.29, 0.717) is 13.1 Å². The quantitative estimate of drug-likeness (QED) is 0.584. The van der Waals surface area contributed by atoms with E-state index in [1.54, 1.807) is 0 Å². The summed E-state index contributed by atoms with van der Waals surface area (Å²) in [5.74, 6) is 1.59. The molecule has 160 valence electrons. The fourth-order valence-electron chi connectivity index (χ4n) is 4.46. The van der Waals surface area contributed by atoms with E-state index in [0.717, 1.165) is 35.7 Å². The van der Waals surface area contributed by atoms with Gasteiger partial charge in [-0.3, -0.25) is 0 Å². The van der Waals surface area contributed by atoms with Crippen molar-refractivity contribution in [3.63, 3.8) is 0 Å². The van der Waals surface area contributed by atoms with Gasteiger partial charge in [-0.15, -0.1) is 0 Å². The Kier molecular flexibility index (Phi) is 6.16. The number of para-hydroxylation sites is 2. The number of rotatable bonds is 5. The van der Waals surface area contributed by atoms with Crippen molar-refractivity contribution in [1.82, 2.24) is 14.5 Å². The summed E-state index contributed by atoms with van der Waals surface area (Å²) in [6, 6.07) is 16.0. The Morgan fingerprint density at radius 1 is 0.800 bits per heavy atom. The standard InChI is InChI=1S/C23H30N3O3P/c1-5-24(6-2)30-28-19-15-11-9-13-17(19)21-22(18-14-10-12-16-20(18)29-30)26(8-4)23(27)25(21)7-3/h9-16,21-22H,5-8H2,1-4H3/t21-,22-/m1/s1. The summed E-state index contributed by atoms with van der Waals surface area (Å²) in [6.07, 6.45) is 0. The van der Waals surface area contributed by atoms with Crippen molar-refractivity contribution in [3.8, 4) is 11.5 Å². The highest BCUT2D eigenvalue weighted by Gasteiger charge is 2.48. The lowest BCUT2D eigenvalue weighted by molar-refractivity contribution is 0.188. The van der Waals surface area contributed by atoms with Crippen molar-refractivity contribution in [3.05, 3.63) is 59.7 Å². The first kappa shape index (κ1) is 21.0. The fraction of sp³-hybridized carbons (Fsp3) is 0.435. The van der Waals surface area contributed by atoms with Gasteiger partial charge >= 0.3 is 14.6 Å². The fourth-order valence-corrected chi connectivity index (χ4v) is 5.86. The topological polar surface area (TPSA) is 45.2 Å². The van der Waals surface area contributed by atoms with E-state index >= 15 is 0 Å². The van der Waals surface area contributed by atoms with Crippen LogP contribution < -0.4 is 9.05 Å². The van der Waals surface area contributed by atoms with E-state index in [1.807, 2.05) is 60.0 Å². The molecule has 0 N–H and O–H groups in total. The zero-order valence-electron chi connectivity index (χ0n) is 18.1. The zero-order valence-corrected chi connectivity index (χ0v) is 19.0. The van der Waals surface area contributed by atoms with Crippen molar-refractivity contribution >= 4 is 14.6 Å². The predicted octanol–water partition coefficient (Wildman–Crippen LogP) is 5.59. The van der Waals surface area contributed by atoms with E-state index < -0.39 is 8.53 Å². The van der Waals surface area contributed by atoms with Crippen LogP contribution in [0.4, 0.5) is 4.79 Å². The number of carbonyl (C=O) groups excluding carboxylic acids is 1. The molecule has 0 spiro atoms. The summed E-state index contributed by atoms with van der Waals surface area (Å²) in [5, 5.41) is 0. The Balaban J connectivity index is 1.95. The SMILES string of the molecule is CCN1C(=O)N(CC)[C@@H]2c3ccccc3OP(N(CC)CC)Oc3ccccc3[C@H]21. The summed E-state index contributed by atoms with van der Waals surface area (Å²) >= 11 is 0. The second-order valence-electron chi connectivity index (χ2n) is 7.38. The number of benzene rings is 2. The molecule has 0 saturated carbocycles. The minimum absolute atomic E-state index is 0.0613. The molecule has 2 amide bonds. The number of hydrogen-bond acceptors (Lipinski definition) is 4. The lowest BCUT2D eigenvalue weighted by Gasteiger charge is -2.28. The van der Waals surface area contributed by atoms with Crippen LogP contribution in [0, 0.1) is 0 Å². The van der Waals surface area contributed by atoms with Crippen LogP contribution in [0.2, 0.25) is 0 Å². The van der Waals surface area contributed by atoms with Gasteiger partial charge in [0.1, 0.15) is 11.5 Å². The van der Waals surface area contributed by atoms with Gasteiger partial charge in [0.15, 0.2) is 0 Å². The minimum Gasteiger partial charge on any atom is -0.427 e. The van der Waals surface area contributed by atoms with Gasteiger partial charge in [-0.1, -0.05) is 50.2 Å². The number of nitrogens with zero attached hydrogens (tertiary/aromatic N) is 3. The normalized spacial score (nSPS) is 21.2. The number of urea groups is 1. The number of fused-ring (bicyclic) bond motifs is 5. The molecule has 2 aliphatic rings. The molecule has 0 radical (unpaired) electrons. The molecule has 0 bridgehead atoms. The van der Waals surface area contributed by atoms with Gasteiger partial charge in [0.05, 0.1) is 12.1 Å². The van der Waals surface area contributed by atoms with Crippen LogP contribution in [0.5, 0.6) is 11.5 Å². The first-order valence-corrected chi connectivity index (χ1v) is 11.9. The summed E-state index contributed by atoms with van der Waals surface area (Å²) < 4.78 is 15.3. The third kappa shape index (κ3) is 3.42. The van der Waals surface area contributed by atoms with Crippen LogP contribution in [0.1, 0.15) is 50.9 Å². The molecule has 30 heavy (non-hydrogen) atoms. The van der Waals surface area contributed by atoms with Crippen molar-refractivity contribution in [2.45, 2.75) is 39.8 Å². The summed E-state index contributed by atoms with van der Waals surface area (Å²) in [7, 11) is -1.33. The Morgan fingerprint density at radius 3 is 1.63 bits per heavy atom. The third-order valence-electron chi connectivity index (χ3n) is 5.93. The van der Waals surface area contributed by atoms with Crippen molar-refractivity contribution in [2.24, 2.45) is 0 Å². The van der Waals surface area contributed by atoms with Crippen LogP contribution >= 0.6 is 8.53 Å². The maximum Gasteiger partial charge on any atom is 0.384 e.